The van der Waals surface area contributed by atoms with E-state index in [1.165, 1.54) is 28.9 Å². The average Bonchev–Trinajstić information content (AvgIpc) is 2.35. The van der Waals surface area contributed by atoms with Crippen molar-refractivity contribution < 1.29 is 0 Å². The molecule has 82 valence electrons. The van der Waals surface area contributed by atoms with E-state index < -0.39 is 0 Å². The van der Waals surface area contributed by atoms with Crippen molar-refractivity contribution in [1.82, 2.24) is 0 Å². The van der Waals surface area contributed by atoms with Gasteiger partial charge in [-0.2, -0.15) is 0 Å². The van der Waals surface area contributed by atoms with E-state index in [2.05, 4.69) is 50.2 Å². The van der Waals surface area contributed by atoms with Gasteiger partial charge in [-0.15, -0.1) is 0 Å². The van der Waals surface area contributed by atoms with Gasteiger partial charge in [-0.1, -0.05) is 6.07 Å². The van der Waals surface area contributed by atoms with Crippen LogP contribution >= 0.6 is 0 Å². The van der Waals surface area contributed by atoms with Gasteiger partial charge in [-0.05, 0) is 44.4 Å². The predicted molar refractivity (Wildman–Crippen MR) is 66.9 cm³/mol. The minimum atomic E-state index is 0.612. The Morgan fingerprint density at radius 2 is 2.07 bits per heavy atom. The highest BCUT2D eigenvalue weighted by Gasteiger charge is 2.19. The summed E-state index contributed by atoms with van der Waals surface area (Å²) in [6, 6.07) is 5.05. The molecule has 2 rings (SSSR count). The molecule has 0 saturated heterocycles. The molecule has 0 radical (unpaired) electrons. The van der Waals surface area contributed by atoms with Gasteiger partial charge in [0.15, 0.2) is 0 Å². The molecular formula is C13H20N2. The van der Waals surface area contributed by atoms with Crippen molar-refractivity contribution in [3.05, 3.63) is 23.3 Å². The van der Waals surface area contributed by atoms with Crippen molar-refractivity contribution in [2.24, 2.45) is 0 Å². The van der Waals surface area contributed by atoms with Gasteiger partial charge in [0.05, 0.1) is 11.4 Å². The zero-order chi connectivity index (χ0) is 11.0. The zero-order valence-electron chi connectivity index (χ0n) is 10.1. The highest BCUT2D eigenvalue weighted by Crippen LogP contribution is 2.34. The number of rotatable bonds is 0. The average molecular weight is 204 g/mol. The third kappa shape index (κ3) is 1.69. The van der Waals surface area contributed by atoms with Crippen LogP contribution in [-0.4, -0.2) is 19.6 Å². The van der Waals surface area contributed by atoms with Gasteiger partial charge in [0.25, 0.3) is 0 Å². The lowest BCUT2D eigenvalue weighted by molar-refractivity contribution is 0.657. The molecule has 0 bridgehead atoms. The van der Waals surface area contributed by atoms with Crippen molar-refractivity contribution in [2.45, 2.75) is 33.2 Å². The van der Waals surface area contributed by atoms with Gasteiger partial charge in [-0.25, -0.2) is 0 Å². The number of aryl methyl sites for hydroxylation is 1. The second kappa shape index (κ2) is 3.76. The summed E-state index contributed by atoms with van der Waals surface area (Å²) in [6.45, 7) is 7.73. The molecule has 0 fully saturated rings. The molecule has 1 unspecified atom stereocenters. The summed E-state index contributed by atoms with van der Waals surface area (Å²) >= 11 is 0. The Hall–Kier alpha value is -1.18. The zero-order valence-corrected chi connectivity index (χ0v) is 10.1. The topological polar surface area (TPSA) is 15.3 Å². The Labute approximate surface area is 92.3 Å². The Kier molecular flexibility index (Phi) is 2.59. The van der Waals surface area contributed by atoms with E-state index in [4.69, 9.17) is 0 Å². The van der Waals surface area contributed by atoms with E-state index in [-0.39, 0.29) is 0 Å². The van der Waals surface area contributed by atoms with E-state index in [1.807, 2.05) is 0 Å². The number of hydrogen-bond donors (Lipinski definition) is 1. The molecule has 1 heterocycles. The molecule has 1 aromatic carbocycles. The maximum Gasteiger partial charge on any atom is 0.0610 e. The van der Waals surface area contributed by atoms with Gasteiger partial charge < -0.3 is 10.2 Å². The number of fused-ring (bicyclic) bond motifs is 1. The number of benzene rings is 1. The van der Waals surface area contributed by atoms with Crippen molar-refractivity contribution in [3.8, 4) is 0 Å². The minimum Gasteiger partial charge on any atom is -0.383 e. The molecule has 0 aliphatic carbocycles. The standard InChI is InChI=1S/C13H20N2/c1-9-5-6-12-13(11(9)3)14-8-7-10(2)15(12)4/h5-6,10,14H,7-8H2,1-4H3. The summed E-state index contributed by atoms with van der Waals surface area (Å²) in [5, 5.41) is 3.55. The Morgan fingerprint density at radius 1 is 1.33 bits per heavy atom. The predicted octanol–water partition coefficient (Wildman–Crippen LogP) is 2.94. The van der Waals surface area contributed by atoms with Crippen molar-refractivity contribution in [1.29, 1.82) is 0 Å². The molecule has 2 heteroatoms. The number of anilines is 2. The molecule has 0 amide bonds. The molecule has 0 saturated carbocycles. The normalized spacial score (nSPS) is 20.5. The highest BCUT2D eigenvalue weighted by atomic mass is 15.2. The van der Waals surface area contributed by atoms with Crippen LogP contribution < -0.4 is 10.2 Å². The van der Waals surface area contributed by atoms with Crippen LogP contribution in [0.15, 0.2) is 12.1 Å². The van der Waals surface area contributed by atoms with E-state index in [1.54, 1.807) is 0 Å². The van der Waals surface area contributed by atoms with Crippen molar-refractivity contribution in [3.63, 3.8) is 0 Å². The number of nitrogens with zero attached hydrogens (tertiary/aromatic N) is 1. The maximum absolute atomic E-state index is 3.55. The summed E-state index contributed by atoms with van der Waals surface area (Å²) in [5.74, 6) is 0. The molecule has 15 heavy (non-hydrogen) atoms. The number of hydrogen-bond acceptors (Lipinski definition) is 2. The van der Waals surface area contributed by atoms with E-state index in [9.17, 15) is 0 Å². The van der Waals surface area contributed by atoms with Crippen LogP contribution in [0.3, 0.4) is 0 Å². The maximum atomic E-state index is 3.55. The first kappa shape index (κ1) is 10.3. The summed E-state index contributed by atoms with van der Waals surface area (Å²) in [6.07, 6.45) is 1.20. The summed E-state index contributed by atoms with van der Waals surface area (Å²) in [4.78, 5) is 2.38. The Balaban J connectivity index is 2.53. The first-order chi connectivity index (χ1) is 7.11. The van der Waals surface area contributed by atoms with E-state index in [0.29, 0.717) is 6.04 Å². The lowest BCUT2D eigenvalue weighted by Gasteiger charge is -2.26. The smallest absolute Gasteiger partial charge is 0.0610 e. The largest absolute Gasteiger partial charge is 0.383 e. The summed E-state index contributed by atoms with van der Waals surface area (Å²) < 4.78 is 0. The second-order valence-corrected chi connectivity index (χ2v) is 4.58. The van der Waals surface area contributed by atoms with Gasteiger partial charge in [0.1, 0.15) is 0 Å². The molecular weight excluding hydrogens is 184 g/mol. The third-order valence-corrected chi connectivity index (χ3v) is 3.62. The number of nitrogens with one attached hydrogen (secondary N) is 1. The monoisotopic (exact) mass is 204 g/mol. The molecule has 1 aliphatic rings. The van der Waals surface area contributed by atoms with Crippen LogP contribution in [0.4, 0.5) is 11.4 Å². The fourth-order valence-electron chi connectivity index (χ4n) is 2.16. The van der Waals surface area contributed by atoms with E-state index >= 15 is 0 Å². The summed E-state index contributed by atoms with van der Waals surface area (Å²) in [5.41, 5.74) is 5.41. The third-order valence-electron chi connectivity index (χ3n) is 3.62. The van der Waals surface area contributed by atoms with Crippen LogP contribution in [0.2, 0.25) is 0 Å². The quantitative estimate of drug-likeness (QED) is 0.699. The Bertz CT molecular complexity index is 371. The van der Waals surface area contributed by atoms with Crippen LogP contribution in [-0.2, 0) is 0 Å². The van der Waals surface area contributed by atoms with E-state index in [0.717, 1.165) is 6.54 Å². The van der Waals surface area contributed by atoms with Crippen molar-refractivity contribution in [2.75, 3.05) is 23.8 Å². The summed E-state index contributed by atoms with van der Waals surface area (Å²) in [7, 11) is 2.19. The lowest BCUT2D eigenvalue weighted by atomic mass is 10.1. The highest BCUT2D eigenvalue weighted by molar-refractivity contribution is 5.75. The first-order valence-electron chi connectivity index (χ1n) is 5.68. The van der Waals surface area contributed by atoms with Crippen molar-refractivity contribution >= 4 is 11.4 Å². The molecule has 1 aromatic rings. The Morgan fingerprint density at radius 3 is 2.80 bits per heavy atom. The molecule has 1 atom stereocenters. The van der Waals surface area contributed by atoms with Gasteiger partial charge in [0.2, 0.25) is 0 Å². The van der Waals surface area contributed by atoms with Crippen LogP contribution in [0, 0.1) is 13.8 Å². The van der Waals surface area contributed by atoms with Crippen LogP contribution in [0.5, 0.6) is 0 Å². The molecule has 2 nitrogen and oxygen atoms in total. The molecule has 0 aromatic heterocycles. The first-order valence-corrected chi connectivity index (χ1v) is 5.68. The molecule has 1 aliphatic heterocycles. The van der Waals surface area contributed by atoms with Gasteiger partial charge >= 0.3 is 0 Å². The van der Waals surface area contributed by atoms with Crippen LogP contribution in [0.1, 0.15) is 24.5 Å². The molecule has 1 N–H and O–H groups in total. The fraction of sp³-hybridized carbons (Fsp3) is 0.538. The minimum absolute atomic E-state index is 0.612. The van der Waals surface area contributed by atoms with Gasteiger partial charge in [-0.3, -0.25) is 0 Å². The van der Waals surface area contributed by atoms with Gasteiger partial charge in [0, 0.05) is 19.6 Å². The fourth-order valence-corrected chi connectivity index (χ4v) is 2.16. The second-order valence-electron chi connectivity index (χ2n) is 4.58. The molecule has 0 spiro atoms. The van der Waals surface area contributed by atoms with Crippen LogP contribution in [0.25, 0.3) is 0 Å². The SMILES string of the molecule is Cc1ccc2c(c1C)NCCC(C)N2C. The lowest BCUT2D eigenvalue weighted by Crippen LogP contribution is -2.28.